The molecule has 134 valence electrons. The lowest BCUT2D eigenvalue weighted by atomic mass is 9.79. The molecule has 1 saturated carbocycles. The van der Waals surface area contributed by atoms with Crippen molar-refractivity contribution in [2.45, 2.75) is 50.9 Å². The minimum absolute atomic E-state index is 0.303. The van der Waals surface area contributed by atoms with Crippen molar-refractivity contribution in [2.75, 3.05) is 13.1 Å². The van der Waals surface area contributed by atoms with Gasteiger partial charge in [0.2, 0.25) is 11.8 Å². The Hall–Kier alpha value is -1.48. The Labute approximate surface area is 129 Å². The molecule has 0 bridgehead atoms. The molecule has 0 aromatic heterocycles. The Morgan fingerprint density at radius 1 is 0.783 bits per heavy atom. The van der Waals surface area contributed by atoms with E-state index in [1.54, 1.807) is 10.6 Å². The molecule has 2 N–H and O–H groups in total. The molecule has 1 aliphatic carbocycles. The number of carbonyl (C=O) groups is 2. The van der Waals surface area contributed by atoms with Crippen molar-refractivity contribution < 1.29 is 35.9 Å². The van der Waals surface area contributed by atoms with Gasteiger partial charge in [-0.2, -0.15) is 26.3 Å². The second kappa shape index (κ2) is 7.39. The van der Waals surface area contributed by atoms with Crippen LogP contribution in [0.5, 0.6) is 0 Å². The highest BCUT2D eigenvalue weighted by Gasteiger charge is 2.39. The van der Waals surface area contributed by atoms with Gasteiger partial charge in [0.25, 0.3) is 0 Å². The molecular formula is C13H18F6N2O2. The number of rotatable bonds is 6. The minimum Gasteiger partial charge on any atom is -0.347 e. The maximum atomic E-state index is 12.1. The summed E-state index contributed by atoms with van der Waals surface area (Å²) in [5.74, 6) is -1.71. The second-order valence-electron chi connectivity index (χ2n) is 5.84. The predicted octanol–water partition coefficient (Wildman–Crippen LogP) is 2.68. The van der Waals surface area contributed by atoms with Crippen LogP contribution in [-0.4, -0.2) is 37.3 Å². The molecule has 0 atom stereocenters. The lowest BCUT2D eigenvalue weighted by molar-refractivity contribution is -0.142. The van der Waals surface area contributed by atoms with Gasteiger partial charge in [0.15, 0.2) is 0 Å². The summed E-state index contributed by atoms with van der Waals surface area (Å²) < 4.78 is 72.4. The van der Waals surface area contributed by atoms with Crippen LogP contribution >= 0.6 is 0 Å². The van der Waals surface area contributed by atoms with Gasteiger partial charge in [-0.3, -0.25) is 9.59 Å². The Morgan fingerprint density at radius 2 is 1.13 bits per heavy atom. The molecular weight excluding hydrogens is 330 g/mol. The van der Waals surface area contributed by atoms with E-state index in [9.17, 15) is 35.9 Å². The van der Waals surface area contributed by atoms with Crippen LogP contribution < -0.4 is 10.6 Å². The van der Waals surface area contributed by atoms with Crippen molar-refractivity contribution in [3.8, 4) is 0 Å². The second-order valence-corrected chi connectivity index (χ2v) is 5.84. The van der Waals surface area contributed by atoms with Crippen LogP contribution in [0.3, 0.4) is 0 Å². The summed E-state index contributed by atoms with van der Waals surface area (Å²) >= 11 is 0. The van der Waals surface area contributed by atoms with E-state index in [2.05, 4.69) is 0 Å². The van der Waals surface area contributed by atoms with E-state index in [0.717, 1.165) is 0 Å². The van der Waals surface area contributed by atoms with E-state index in [-0.39, 0.29) is 12.8 Å². The van der Waals surface area contributed by atoms with E-state index >= 15 is 0 Å². The summed E-state index contributed by atoms with van der Waals surface area (Å²) in [6, 6.07) is 0. The first kappa shape index (κ1) is 19.6. The maximum Gasteiger partial charge on any atom is 0.405 e. The molecule has 0 heterocycles. The molecule has 1 rings (SSSR count). The molecule has 1 aliphatic rings. The Kier molecular flexibility index (Phi) is 6.29. The van der Waals surface area contributed by atoms with E-state index in [0.29, 0.717) is 25.7 Å². The highest BCUT2D eigenvalue weighted by Crippen LogP contribution is 2.44. The topological polar surface area (TPSA) is 58.2 Å². The van der Waals surface area contributed by atoms with E-state index in [1.165, 1.54) is 0 Å². The number of hydrogen-bond acceptors (Lipinski definition) is 2. The van der Waals surface area contributed by atoms with Gasteiger partial charge in [0, 0.05) is 12.8 Å². The van der Waals surface area contributed by atoms with Crippen molar-refractivity contribution in [2.24, 2.45) is 5.41 Å². The van der Waals surface area contributed by atoms with E-state index < -0.39 is 42.7 Å². The van der Waals surface area contributed by atoms with Crippen LogP contribution in [0.2, 0.25) is 0 Å². The fraction of sp³-hybridized carbons (Fsp3) is 0.846. The predicted molar refractivity (Wildman–Crippen MR) is 68.3 cm³/mol. The molecule has 0 saturated heterocycles. The monoisotopic (exact) mass is 348 g/mol. The SMILES string of the molecule is O=C(CC1(CC(=O)NCC(F)(F)F)CCCC1)NCC(F)(F)F. The molecule has 0 unspecified atom stereocenters. The zero-order valence-electron chi connectivity index (χ0n) is 12.2. The van der Waals surface area contributed by atoms with Crippen molar-refractivity contribution in [3.05, 3.63) is 0 Å². The van der Waals surface area contributed by atoms with Crippen molar-refractivity contribution in [1.29, 1.82) is 0 Å². The van der Waals surface area contributed by atoms with E-state index in [4.69, 9.17) is 0 Å². The average Bonchev–Trinajstić information content (AvgIpc) is 2.80. The number of alkyl halides is 6. The standard InChI is InChI=1S/C13H18F6N2O2/c14-12(15,16)7-20-9(22)5-11(3-1-2-4-11)6-10(23)21-8-13(17,18)19/h1-8H2,(H,20,22)(H,21,23). The Morgan fingerprint density at radius 3 is 1.43 bits per heavy atom. The van der Waals surface area contributed by atoms with Gasteiger partial charge in [0.05, 0.1) is 0 Å². The van der Waals surface area contributed by atoms with Crippen molar-refractivity contribution in [3.63, 3.8) is 0 Å². The summed E-state index contributed by atoms with van der Waals surface area (Å²) in [6.45, 7) is -2.94. The highest BCUT2D eigenvalue weighted by atomic mass is 19.4. The largest absolute Gasteiger partial charge is 0.405 e. The fourth-order valence-corrected chi connectivity index (χ4v) is 2.74. The molecule has 0 aromatic carbocycles. The van der Waals surface area contributed by atoms with E-state index in [1.807, 2.05) is 0 Å². The van der Waals surface area contributed by atoms with Gasteiger partial charge in [0.1, 0.15) is 13.1 Å². The van der Waals surface area contributed by atoms with Gasteiger partial charge in [-0.1, -0.05) is 12.8 Å². The van der Waals surface area contributed by atoms with Gasteiger partial charge in [-0.25, -0.2) is 0 Å². The van der Waals surface area contributed by atoms with Crippen LogP contribution in [0.15, 0.2) is 0 Å². The molecule has 4 nitrogen and oxygen atoms in total. The molecule has 0 aliphatic heterocycles. The van der Waals surface area contributed by atoms with Crippen LogP contribution in [-0.2, 0) is 9.59 Å². The average molecular weight is 348 g/mol. The molecule has 0 radical (unpaired) electrons. The van der Waals surface area contributed by atoms with Crippen LogP contribution in [0.1, 0.15) is 38.5 Å². The zero-order valence-corrected chi connectivity index (χ0v) is 12.2. The molecule has 23 heavy (non-hydrogen) atoms. The minimum atomic E-state index is -4.54. The van der Waals surface area contributed by atoms with Crippen molar-refractivity contribution in [1.82, 2.24) is 10.6 Å². The smallest absolute Gasteiger partial charge is 0.347 e. The van der Waals surface area contributed by atoms with Gasteiger partial charge in [-0.15, -0.1) is 0 Å². The van der Waals surface area contributed by atoms with Gasteiger partial charge >= 0.3 is 12.4 Å². The first-order chi connectivity index (χ1) is 10.4. The number of nitrogens with one attached hydrogen (secondary N) is 2. The quantitative estimate of drug-likeness (QED) is 0.725. The number of carbonyl (C=O) groups excluding carboxylic acids is 2. The lowest BCUT2D eigenvalue weighted by Crippen LogP contribution is -2.40. The Balaban J connectivity index is 2.55. The molecule has 0 aromatic rings. The molecule has 2 amide bonds. The number of halogens is 6. The summed E-state index contributed by atoms with van der Waals surface area (Å²) in [5.41, 5.74) is -0.870. The third-order valence-corrected chi connectivity index (χ3v) is 3.71. The third kappa shape index (κ3) is 8.08. The first-order valence-electron chi connectivity index (χ1n) is 7.08. The summed E-state index contributed by atoms with van der Waals surface area (Å²) in [5, 5.41) is 3.46. The summed E-state index contributed by atoms with van der Waals surface area (Å²) in [4.78, 5) is 23.3. The van der Waals surface area contributed by atoms with Crippen LogP contribution in [0.4, 0.5) is 26.3 Å². The number of amides is 2. The van der Waals surface area contributed by atoms with Gasteiger partial charge in [-0.05, 0) is 18.3 Å². The molecule has 0 spiro atoms. The first-order valence-corrected chi connectivity index (χ1v) is 7.08. The van der Waals surface area contributed by atoms with Gasteiger partial charge < -0.3 is 10.6 Å². The normalized spacial score (nSPS) is 17.8. The highest BCUT2D eigenvalue weighted by molar-refractivity contribution is 5.80. The molecule has 10 heteroatoms. The lowest BCUT2D eigenvalue weighted by Gasteiger charge is -2.28. The van der Waals surface area contributed by atoms with Crippen molar-refractivity contribution >= 4 is 11.8 Å². The zero-order chi connectivity index (χ0) is 17.7. The van der Waals surface area contributed by atoms with Crippen LogP contribution in [0, 0.1) is 5.41 Å². The fourth-order valence-electron chi connectivity index (χ4n) is 2.74. The number of hydrogen-bond donors (Lipinski definition) is 2. The summed E-state index contributed by atoms with van der Waals surface area (Å²) in [7, 11) is 0. The Bertz CT molecular complexity index is 393. The molecule has 1 fully saturated rings. The maximum absolute atomic E-state index is 12.1. The summed E-state index contributed by atoms with van der Waals surface area (Å²) in [6.07, 6.45) is -7.48. The third-order valence-electron chi connectivity index (χ3n) is 3.71. The van der Waals surface area contributed by atoms with Crippen LogP contribution in [0.25, 0.3) is 0 Å².